The van der Waals surface area contributed by atoms with Gasteiger partial charge in [-0.2, -0.15) is 13.2 Å². The Labute approximate surface area is 222 Å². The molecule has 37 heavy (non-hydrogen) atoms. The number of nitrogens with one attached hydrogen (secondary N) is 2. The second-order valence-corrected chi connectivity index (χ2v) is 14.4. The number of fused-ring (bicyclic) bond motifs is 3. The Morgan fingerprint density at radius 3 is 2.35 bits per heavy atom. The molecule has 5 rings (SSSR count). The topological polar surface area (TPSA) is 85.0 Å². The van der Waals surface area contributed by atoms with E-state index in [2.05, 4.69) is 20.7 Å². The van der Waals surface area contributed by atoms with Crippen molar-refractivity contribution in [2.75, 3.05) is 38.2 Å². The highest BCUT2D eigenvalue weighted by atomic mass is 35.5. The summed E-state index contributed by atoms with van der Waals surface area (Å²) in [6.07, 6.45) is 0.122. The number of carbonyl (C=O) groups is 1. The largest absolute Gasteiger partial charge is 0.409 e. The number of rotatable bonds is 4. The minimum Gasteiger partial charge on any atom is -0.333 e. The van der Waals surface area contributed by atoms with Crippen molar-refractivity contribution in [1.29, 1.82) is 0 Å². The van der Waals surface area contributed by atoms with Crippen molar-refractivity contribution in [3.63, 3.8) is 0 Å². The van der Waals surface area contributed by atoms with Crippen LogP contribution in [0.5, 0.6) is 0 Å². The van der Waals surface area contributed by atoms with E-state index in [0.29, 0.717) is 37.8 Å². The molecular formula is C24H39ClF3N5O3S. The predicted octanol–water partition coefficient (Wildman–Crippen LogP) is 1.95. The third kappa shape index (κ3) is 5.66. The molecule has 0 radical (unpaired) electrons. The third-order valence-electron chi connectivity index (χ3n) is 9.45. The van der Waals surface area contributed by atoms with Gasteiger partial charge in [-0.1, -0.05) is 0 Å². The first-order chi connectivity index (χ1) is 17.5. The van der Waals surface area contributed by atoms with E-state index in [1.807, 2.05) is 0 Å². The Hall–Kier alpha value is -0.660. The second-order valence-electron chi connectivity index (χ2n) is 11.6. The van der Waals surface area contributed by atoms with Crippen LogP contribution in [0.4, 0.5) is 13.2 Å². The lowest BCUT2D eigenvalue weighted by Crippen LogP contribution is -2.71. The van der Waals surface area contributed by atoms with Crippen LogP contribution in [0.2, 0.25) is 0 Å². The number of hydrazine groups is 1. The van der Waals surface area contributed by atoms with E-state index < -0.39 is 39.8 Å². The van der Waals surface area contributed by atoms with Gasteiger partial charge >= 0.3 is 6.18 Å². The van der Waals surface area contributed by atoms with Crippen molar-refractivity contribution in [1.82, 2.24) is 25.6 Å². The number of piperidine rings is 1. The number of likely N-dealkylation sites (tertiary alicyclic amines) is 1. The molecule has 0 aromatic carbocycles. The minimum absolute atomic E-state index is 0.0174. The van der Waals surface area contributed by atoms with Gasteiger partial charge in [0.1, 0.15) is 15.9 Å². The van der Waals surface area contributed by atoms with Crippen LogP contribution >= 0.6 is 11.6 Å². The fourth-order valence-electron chi connectivity index (χ4n) is 7.58. The SMILES string of the molecule is CN(C(=O)C1CCS(=O)(=O)CC1)[C@@H](C1CCC(N2CCCC3C2CNC2C(Cl)CNN32)CC1)C(F)(F)F. The molecule has 0 bridgehead atoms. The van der Waals surface area contributed by atoms with Crippen molar-refractivity contribution in [3.8, 4) is 0 Å². The number of sulfone groups is 1. The molecule has 1 aliphatic carbocycles. The summed E-state index contributed by atoms with van der Waals surface area (Å²) in [7, 11) is -1.94. The van der Waals surface area contributed by atoms with E-state index in [4.69, 9.17) is 11.6 Å². The number of halogens is 4. The molecule has 0 spiro atoms. The zero-order chi connectivity index (χ0) is 26.5. The van der Waals surface area contributed by atoms with Crippen molar-refractivity contribution in [3.05, 3.63) is 0 Å². The normalized spacial score (nSPS) is 38.5. The van der Waals surface area contributed by atoms with E-state index in [-0.39, 0.29) is 41.9 Å². The first kappa shape index (κ1) is 27.9. The Balaban J connectivity index is 1.22. The zero-order valence-electron chi connectivity index (χ0n) is 21.3. The van der Waals surface area contributed by atoms with Gasteiger partial charge in [-0.15, -0.1) is 11.6 Å². The molecule has 8 nitrogen and oxygen atoms in total. The fraction of sp³-hybridized carbons (Fsp3) is 0.958. The lowest BCUT2D eigenvalue weighted by molar-refractivity contribution is -0.203. The highest BCUT2D eigenvalue weighted by molar-refractivity contribution is 7.91. The Morgan fingerprint density at radius 1 is 1.03 bits per heavy atom. The summed E-state index contributed by atoms with van der Waals surface area (Å²) in [5.41, 5.74) is 3.44. The first-order valence-corrected chi connectivity index (χ1v) is 15.9. The average Bonchev–Trinajstić information content (AvgIpc) is 3.24. The maximum atomic E-state index is 14.3. The maximum absolute atomic E-state index is 14.3. The van der Waals surface area contributed by atoms with Gasteiger partial charge < -0.3 is 4.90 Å². The van der Waals surface area contributed by atoms with E-state index in [0.717, 1.165) is 37.4 Å². The smallest absolute Gasteiger partial charge is 0.333 e. The summed E-state index contributed by atoms with van der Waals surface area (Å²) in [5.74, 6) is -2.15. The van der Waals surface area contributed by atoms with Crippen molar-refractivity contribution in [2.24, 2.45) is 11.8 Å². The Bertz CT molecular complexity index is 934. The highest BCUT2D eigenvalue weighted by Gasteiger charge is 2.52. The Kier molecular flexibility index (Phi) is 8.08. The second kappa shape index (κ2) is 10.7. The van der Waals surface area contributed by atoms with Gasteiger partial charge in [-0.05, 0) is 63.8 Å². The summed E-state index contributed by atoms with van der Waals surface area (Å²) >= 11 is 6.47. The van der Waals surface area contributed by atoms with Crippen LogP contribution in [0, 0.1) is 11.8 Å². The summed E-state index contributed by atoms with van der Waals surface area (Å²) in [6, 6.07) is -0.964. The van der Waals surface area contributed by atoms with Crippen LogP contribution in [0.3, 0.4) is 0 Å². The molecule has 0 aromatic heterocycles. The van der Waals surface area contributed by atoms with Crippen molar-refractivity contribution in [2.45, 2.75) is 93.3 Å². The summed E-state index contributed by atoms with van der Waals surface area (Å²) in [6.45, 7) is 2.51. The molecule has 5 aliphatic rings. The first-order valence-electron chi connectivity index (χ1n) is 13.6. The van der Waals surface area contributed by atoms with Gasteiger partial charge in [0, 0.05) is 44.2 Å². The molecule has 4 saturated heterocycles. The maximum Gasteiger partial charge on any atom is 0.409 e. The van der Waals surface area contributed by atoms with Crippen LogP contribution in [0.1, 0.15) is 51.4 Å². The molecular weight excluding hydrogens is 531 g/mol. The van der Waals surface area contributed by atoms with Gasteiger partial charge in [0.25, 0.3) is 0 Å². The van der Waals surface area contributed by atoms with Gasteiger partial charge in [0.15, 0.2) is 0 Å². The Morgan fingerprint density at radius 2 is 1.70 bits per heavy atom. The van der Waals surface area contributed by atoms with E-state index in [1.165, 1.54) is 7.05 Å². The quantitative estimate of drug-likeness (QED) is 0.501. The highest BCUT2D eigenvalue weighted by Crippen LogP contribution is 2.41. The lowest BCUT2D eigenvalue weighted by Gasteiger charge is -2.54. The number of nitrogens with zero attached hydrogens (tertiary/aromatic N) is 3. The molecule has 4 heterocycles. The summed E-state index contributed by atoms with van der Waals surface area (Å²) in [4.78, 5) is 16.4. The van der Waals surface area contributed by atoms with Gasteiger partial charge in [-0.25, -0.2) is 13.4 Å². The zero-order valence-corrected chi connectivity index (χ0v) is 22.9. The summed E-state index contributed by atoms with van der Waals surface area (Å²) in [5, 5.41) is 5.85. The molecule has 1 saturated carbocycles. The monoisotopic (exact) mass is 569 g/mol. The van der Waals surface area contributed by atoms with Crippen LogP contribution in [0.15, 0.2) is 0 Å². The van der Waals surface area contributed by atoms with Crippen molar-refractivity contribution >= 4 is 27.3 Å². The standard InChI is InChI=1S/C24H39ClF3N5O3S/c1-31(23(34)16-8-11-37(35,36)12-9-16)21(24(26,27)28)15-4-6-17(7-5-15)32-10-2-3-19-20(32)14-29-22-18(25)13-30-33(19)22/h15-22,29-30H,2-14H2,1H3/t15?,17?,18?,19?,20?,21-,22?/m0/s1. The van der Waals surface area contributed by atoms with Crippen LogP contribution in [-0.4, -0.2) is 109 Å². The predicted molar refractivity (Wildman–Crippen MR) is 135 cm³/mol. The molecule has 13 heteroatoms. The molecule has 0 aromatic rings. The average molecular weight is 570 g/mol. The van der Waals surface area contributed by atoms with Gasteiger partial charge in [0.2, 0.25) is 5.91 Å². The van der Waals surface area contributed by atoms with Gasteiger partial charge in [-0.3, -0.25) is 20.4 Å². The molecule has 5 atom stereocenters. The molecule has 212 valence electrons. The van der Waals surface area contributed by atoms with E-state index in [9.17, 15) is 26.4 Å². The minimum atomic E-state index is -4.53. The fourth-order valence-corrected chi connectivity index (χ4v) is 9.35. The van der Waals surface area contributed by atoms with Gasteiger partial charge in [0.05, 0.1) is 23.0 Å². The molecule has 1 amide bonds. The van der Waals surface area contributed by atoms with Crippen molar-refractivity contribution < 1.29 is 26.4 Å². The van der Waals surface area contributed by atoms with E-state index >= 15 is 0 Å². The molecule has 4 unspecified atom stereocenters. The molecule has 2 N–H and O–H groups in total. The number of hydrogen-bond donors (Lipinski definition) is 2. The van der Waals surface area contributed by atoms with Crippen LogP contribution in [0.25, 0.3) is 0 Å². The lowest BCUT2D eigenvalue weighted by atomic mass is 9.78. The number of hydrogen-bond acceptors (Lipinski definition) is 7. The number of amides is 1. The number of alkyl halides is 4. The summed E-state index contributed by atoms with van der Waals surface area (Å²) < 4.78 is 66.4. The third-order valence-corrected chi connectivity index (χ3v) is 11.6. The number of carbonyl (C=O) groups excluding carboxylic acids is 1. The van der Waals surface area contributed by atoms with E-state index in [1.54, 1.807) is 0 Å². The molecule has 5 fully saturated rings. The van der Waals surface area contributed by atoms with Crippen LogP contribution < -0.4 is 10.7 Å². The molecule has 4 aliphatic heterocycles. The van der Waals surface area contributed by atoms with Crippen LogP contribution in [-0.2, 0) is 14.6 Å².